The molecule has 20 heavy (non-hydrogen) atoms. The summed E-state index contributed by atoms with van der Waals surface area (Å²) in [5.74, 6) is 0.379. The van der Waals surface area contributed by atoms with E-state index in [9.17, 15) is 0 Å². The third kappa shape index (κ3) is 2.68. The highest BCUT2D eigenvalue weighted by Crippen LogP contribution is 2.36. The highest BCUT2D eigenvalue weighted by molar-refractivity contribution is 7.99. The SMILES string of the molecule is Nc1nc2ccccc2nc1Sc1cc(Cl)ccc1Cl. The normalized spacial score (nSPS) is 10.9. The summed E-state index contributed by atoms with van der Waals surface area (Å²) >= 11 is 13.5. The van der Waals surface area contributed by atoms with Crippen molar-refractivity contribution >= 4 is 51.8 Å². The zero-order valence-corrected chi connectivity index (χ0v) is 12.5. The molecule has 3 aromatic rings. The van der Waals surface area contributed by atoms with E-state index in [1.807, 2.05) is 24.3 Å². The van der Waals surface area contributed by atoms with Gasteiger partial charge in [0.25, 0.3) is 0 Å². The predicted octanol–water partition coefficient (Wildman–Crippen LogP) is 4.67. The second-order valence-electron chi connectivity index (χ2n) is 4.08. The van der Waals surface area contributed by atoms with Crippen LogP contribution in [0, 0.1) is 0 Å². The van der Waals surface area contributed by atoms with Crippen LogP contribution in [0.2, 0.25) is 10.0 Å². The van der Waals surface area contributed by atoms with Crippen LogP contribution in [0.4, 0.5) is 5.82 Å². The van der Waals surface area contributed by atoms with E-state index in [1.165, 1.54) is 11.8 Å². The number of nitrogen functional groups attached to an aromatic ring is 1. The molecule has 0 bridgehead atoms. The van der Waals surface area contributed by atoms with E-state index in [0.29, 0.717) is 20.9 Å². The van der Waals surface area contributed by atoms with Crippen LogP contribution in [-0.4, -0.2) is 9.97 Å². The number of aromatic nitrogens is 2. The molecule has 3 nitrogen and oxygen atoms in total. The molecule has 0 aliphatic rings. The van der Waals surface area contributed by atoms with Gasteiger partial charge in [-0.2, -0.15) is 0 Å². The van der Waals surface area contributed by atoms with E-state index in [0.717, 1.165) is 15.9 Å². The summed E-state index contributed by atoms with van der Waals surface area (Å²) in [4.78, 5) is 9.66. The summed E-state index contributed by atoms with van der Waals surface area (Å²) in [7, 11) is 0. The van der Waals surface area contributed by atoms with Crippen LogP contribution in [-0.2, 0) is 0 Å². The van der Waals surface area contributed by atoms with Gasteiger partial charge in [0.05, 0.1) is 16.1 Å². The number of rotatable bonds is 2. The smallest absolute Gasteiger partial charge is 0.157 e. The first-order chi connectivity index (χ1) is 9.63. The Balaban J connectivity index is 2.06. The van der Waals surface area contributed by atoms with Gasteiger partial charge in [-0.05, 0) is 30.3 Å². The first kappa shape index (κ1) is 13.5. The van der Waals surface area contributed by atoms with Gasteiger partial charge in [-0.1, -0.05) is 47.1 Å². The van der Waals surface area contributed by atoms with Crippen molar-refractivity contribution in [2.75, 3.05) is 5.73 Å². The lowest BCUT2D eigenvalue weighted by molar-refractivity contribution is 1.13. The number of fused-ring (bicyclic) bond motifs is 1. The van der Waals surface area contributed by atoms with Crippen LogP contribution < -0.4 is 5.73 Å². The number of para-hydroxylation sites is 2. The molecule has 3 rings (SSSR count). The molecule has 0 saturated heterocycles. The summed E-state index contributed by atoms with van der Waals surface area (Å²) in [5.41, 5.74) is 7.52. The van der Waals surface area contributed by atoms with Crippen molar-refractivity contribution in [1.82, 2.24) is 9.97 Å². The molecule has 0 fully saturated rings. The van der Waals surface area contributed by atoms with E-state index in [2.05, 4.69) is 9.97 Å². The number of halogens is 2. The molecule has 0 aliphatic carbocycles. The third-order valence-corrected chi connectivity index (χ3v) is 4.39. The minimum absolute atomic E-state index is 0.379. The lowest BCUT2D eigenvalue weighted by Gasteiger charge is -2.07. The van der Waals surface area contributed by atoms with Crippen LogP contribution >= 0.6 is 35.0 Å². The number of benzene rings is 2. The molecule has 0 saturated carbocycles. The quantitative estimate of drug-likeness (QED) is 0.745. The zero-order chi connectivity index (χ0) is 14.1. The van der Waals surface area contributed by atoms with Crippen molar-refractivity contribution in [3.05, 3.63) is 52.5 Å². The molecule has 1 heterocycles. The first-order valence-electron chi connectivity index (χ1n) is 5.78. The molecule has 6 heteroatoms. The van der Waals surface area contributed by atoms with Gasteiger partial charge in [0.15, 0.2) is 5.82 Å². The largest absolute Gasteiger partial charge is 0.381 e. The molecule has 0 spiro atoms. The molecule has 0 radical (unpaired) electrons. The Labute approximate surface area is 130 Å². The van der Waals surface area contributed by atoms with Gasteiger partial charge in [0, 0.05) is 9.92 Å². The minimum atomic E-state index is 0.379. The van der Waals surface area contributed by atoms with Crippen molar-refractivity contribution in [3.8, 4) is 0 Å². The van der Waals surface area contributed by atoms with Crippen molar-refractivity contribution in [2.45, 2.75) is 9.92 Å². The summed E-state index contributed by atoms with van der Waals surface area (Å²) in [6, 6.07) is 12.8. The molecule has 0 atom stereocenters. The zero-order valence-electron chi connectivity index (χ0n) is 10.2. The summed E-state index contributed by atoms with van der Waals surface area (Å²) in [6.45, 7) is 0. The third-order valence-electron chi connectivity index (χ3n) is 2.66. The van der Waals surface area contributed by atoms with Gasteiger partial charge in [0.2, 0.25) is 0 Å². The lowest BCUT2D eigenvalue weighted by atomic mass is 10.3. The van der Waals surface area contributed by atoms with E-state index in [1.54, 1.807) is 18.2 Å². The van der Waals surface area contributed by atoms with Crippen LogP contribution in [0.3, 0.4) is 0 Å². The molecule has 0 amide bonds. The maximum atomic E-state index is 6.15. The number of nitrogens with zero attached hydrogens (tertiary/aromatic N) is 2. The standard InChI is InChI=1S/C14H9Cl2N3S/c15-8-5-6-9(16)12(7-8)20-14-13(17)18-10-3-1-2-4-11(10)19-14/h1-7H,(H2,17,18). The second-order valence-corrected chi connectivity index (χ2v) is 5.95. The molecule has 2 aromatic carbocycles. The average Bonchev–Trinajstić information content (AvgIpc) is 2.43. The molecule has 0 aliphatic heterocycles. The second kappa shape index (κ2) is 5.48. The Kier molecular flexibility index (Phi) is 3.70. The maximum Gasteiger partial charge on any atom is 0.157 e. The van der Waals surface area contributed by atoms with Crippen LogP contribution in [0.5, 0.6) is 0 Å². The molecular formula is C14H9Cl2N3S. The Morgan fingerprint density at radius 1 is 0.950 bits per heavy atom. The van der Waals surface area contributed by atoms with E-state index >= 15 is 0 Å². The van der Waals surface area contributed by atoms with Crippen molar-refractivity contribution in [1.29, 1.82) is 0 Å². The Hall–Kier alpha value is -1.49. The number of hydrogen-bond donors (Lipinski definition) is 1. The molecule has 100 valence electrons. The average molecular weight is 322 g/mol. The summed E-state index contributed by atoms with van der Waals surface area (Å²) < 4.78 is 0. The van der Waals surface area contributed by atoms with E-state index < -0.39 is 0 Å². The predicted molar refractivity (Wildman–Crippen MR) is 84.5 cm³/mol. The van der Waals surface area contributed by atoms with Crippen LogP contribution in [0.25, 0.3) is 11.0 Å². The number of hydrogen-bond acceptors (Lipinski definition) is 4. The molecule has 0 unspecified atom stereocenters. The van der Waals surface area contributed by atoms with Crippen LogP contribution in [0.1, 0.15) is 0 Å². The van der Waals surface area contributed by atoms with Crippen molar-refractivity contribution in [2.24, 2.45) is 0 Å². The maximum absolute atomic E-state index is 6.15. The molecule has 1 aromatic heterocycles. The van der Waals surface area contributed by atoms with Gasteiger partial charge in [-0.3, -0.25) is 0 Å². The number of nitrogens with two attached hydrogens (primary N) is 1. The van der Waals surface area contributed by atoms with Crippen LogP contribution in [0.15, 0.2) is 52.4 Å². The summed E-state index contributed by atoms with van der Waals surface area (Å²) in [5, 5.41) is 1.84. The van der Waals surface area contributed by atoms with E-state index in [4.69, 9.17) is 28.9 Å². The van der Waals surface area contributed by atoms with Crippen molar-refractivity contribution < 1.29 is 0 Å². The number of anilines is 1. The van der Waals surface area contributed by atoms with Crippen molar-refractivity contribution in [3.63, 3.8) is 0 Å². The first-order valence-corrected chi connectivity index (χ1v) is 7.36. The highest BCUT2D eigenvalue weighted by Gasteiger charge is 2.10. The fourth-order valence-electron chi connectivity index (χ4n) is 1.73. The van der Waals surface area contributed by atoms with Gasteiger partial charge in [0.1, 0.15) is 5.03 Å². The summed E-state index contributed by atoms with van der Waals surface area (Å²) in [6.07, 6.45) is 0. The Bertz CT molecular complexity index is 792. The monoisotopic (exact) mass is 321 g/mol. The highest BCUT2D eigenvalue weighted by atomic mass is 35.5. The molecule has 2 N–H and O–H groups in total. The fourth-order valence-corrected chi connectivity index (χ4v) is 3.06. The Morgan fingerprint density at radius 3 is 2.40 bits per heavy atom. The van der Waals surface area contributed by atoms with Gasteiger partial charge >= 0.3 is 0 Å². The topological polar surface area (TPSA) is 51.8 Å². The lowest BCUT2D eigenvalue weighted by Crippen LogP contribution is -1.97. The minimum Gasteiger partial charge on any atom is -0.381 e. The van der Waals surface area contributed by atoms with Gasteiger partial charge in [-0.25, -0.2) is 9.97 Å². The fraction of sp³-hybridized carbons (Fsp3) is 0. The van der Waals surface area contributed by atoms with Gasteiger partial charge < -0.3 is 5.73 Å². The Morgan fingerprint density at radius 2 is 1.65 bits per heavy atom. The van der Waals surface area contributed by atoms with Gasteiger partial charge in [-0.15, -0.1) is 0 Å². The van der Waals surface area contributed by atoms with E-state index in [-0.39, 0.29) is 0 Å². The molecular weight excluding hydrogens is 313 g/mol.